The third-order valence-electron chi connectivity index (χ3n) is 2.54. The van der Waals surface area contributed by atoms with Crippen molar-refractivity contribution in [2.75, 3.05) is 12.9 Å². The summed E-state index contributed by atoms with van der Waals surface area (Å²) in [5, 5.41) is 0.791. The lowest BCUT2D eigenvalue weighted by atomic mass is 10.2. The van der Waals surface area contributed by atoms with Crippen molar-refractivity contribution >= 4 is 29.3 Å². The van der Waals surface area contributed by atoms with Gasteiger partial charge in [-0.3, -0.25) is 4.79 Å². The molecule has 0 aromatic heterocycles. The summed E-state index contributed by atoms with van der Waals surface area (Å²) in [6, 6.07) is 5.50. The number of ether oxygens (including phenoxy) is 1. The fourth-order valence-corrected chi connectivity index (χ4v) is 2.85. The zero-order valence-corrected chi connectivity index (χ0v) is 12.2. The Labute approximate surface area is 117 Å². The molecule has 0 aliphatic heterocycles. The highest BCUT2D eigenvalue weighted by molar-refractivity contribution is 7.98. The Morgan fingerprint density at radius 1 is 1.56 bits per heavy atom. The molecular weight excluding hydrogens is 270 g/mol. The van der Waals surface area contributed by atoms with Crippen LogP contribution in [0.4, 0.5) is 0 Å². The van der Waals surface area contributed by atoms with Gasteiger partial charge in [0.05, 0.1) is 7.11 Å². The van der Waals surface area contributed by atoms with Gasteiger partial charge in [-0.15, -0.1) is 0 Å². The van der Waals surface area contributed by atoms with Gasteiger partial charge in [-0.1, -0.05) is 23.7 Å². The number of halogens is 1. The quantitative estimate of drug-likeness (QED) is 0.646. The van der Waals surface area contributed by atoms with E-state index in [-0.39, 0.29) is 5.97 Å². The number of hydrogen-bond acceptors (Lipinski definition) is 4. The molecular formula is C13H18ClNO2S. The number of methoxy groups -OCH3 is 1. The number of nitrogens with two attached hydrogens (primary N) is 1. The molecule has 1 unspecified atom stereocenters. The molecule has 0 saturated heterocycles. The number of aryl methyl sites for hydroxylation is 1. The first-order valence-electron chi connectivity index (χ1n) is 5.70. The number of esters is 1. The summed E-state index contributed by atoms with van der Waals surface area (Å²) < 4.78 is 4.57. The van der Waals surface area contributed by atoms with Crippen molar-refractivity contribution in [3.05, 3.63) is 34.3 Å². The van der Waals surface area contributed by atoms with Crippen LogP contribution in [0.25, 0.3) is 0 Å². The van der Waals surface area contributed by atoms with Crippen molar-refractivity contribution in [3.63, 3.8) is 0 Å². The molecule has 0 bridgehead atoms. The summed E-state index contributed by atoms with van der Waals surface area (Å²) in [4.78, 5) is 11.1. The third kappa shape index (κ3) is 4.88. The number of thioether (sulfide) groups is 1. The molecule has 0 saturated carbocycles. The Bertz CT molecular complexity index is 412. The molecule has 3 nitrogen and oxygen atoms in total. The maximum atomic E-state index is 11.1. The van der Waals surface area contributed by atoms with Gasteiger partial charge >= 0.3 is 5.97 Å². The topological polar surface area (TPSA) is 52.3 Å². The zero-order valence-electron chi connectivity index (χ0n) is 10.6. The zero-order chi connectivity index (χ0) is 13.5. The SMILES string of the molecule is COC(=O)C(N)CCSCc1ccc(C)cc1Cl. The average molecular weight is 288 g/mol. The highest BCUT2D eigenvalue weighted by atomic mass is 35.5. The molecule has 0 spiro atoms. The van der Waals surface area contributed by atoms with Gasteiger partial charge in [-0.2, -0.15) is 11.8 Å². The van der Waals surface area contributed by atoms with Gasteiger partial charge in [0, 0.05) is 10.8 Å². The van der Waals surface area contributed by atoms with E-state index in [9.17, 15) is 4.79 Å². The van der Waals surface area contributed by atoms with Crippen LogP contribution in [0.2, 0.25) is 5.02 Å². The molecule has 0 aliphatic rings. The molecule has 0 radical (unpaired) electrons. The maximum absolute atomic E-state index is 11.1. The van der Waals surface area contributed by atoms with Crippen LogP contribution in [0.1, 0.15) is 17.5 Å². The van der Waals surface area contributed by atoms with Gasteiger partial charge in [0.15, 0.2) is 0 Å². The van der Waals surface area contributed by atoms with Crippen LogP contribution >= 0.6 is 23.4 Å². The van der Waals surface area contributed by atoms with Crippen LogP contribution in [0.3, 0.4) is 0 Å². The molecule has 0 fully saturated rings. The number of carbonyl (C=O) groups is 1. The van der Waals surface area contributed by atoms with Crippen LogP contribution in [0.5, 0.6) is 0 Å². The summed E-state index contributed by atoms with van der Waals surface area (Å²) in [5.41, 5.74) is 7.91. The summed E-state index contributed by atoms with van der Waals surface area (Å²) in [7, 11) is 1.35. The van der Waals surface area contributed by atoms with Crippen molar-refractivity contribution in [2.45, 2.75) is 25.1 Å². The van der Waals surface area contributed by atoms with Crippen molar-refractivity contribution in [1.82, 2.24) is 0 Å². The van der Waals surface area contributed by atoms with E-state index in [1.54, 1.807) is 11.8 Å². The summed E-state index contributed by atoms with van der Waals surface area (Å²) in [6.07, 6.45) is 0.612. The lowest BCUT2D eigenvalue weighted by Crippen LogP contribution is -2.31. The molecule has 0 aliphatic carbocycles. The van der Waals surface area contributed by atoms with E-state index in [2.05, 4.69) is 4.74 Å². The predicted octanol–water partition coefficient (Wildman–Crippen LogP) is 2.77. The molecule has 1 aromatic rings. The van der Waals surface area contributed by atoms with E-state index in [0.29, 0.717) is 6.42 Å². The fraction of sp³-hybridized carbons (Fsp3) is 0.462. The van der Waals surface area contributed by atoms with Crippen molar-refractivity contribution in [1.29, 1.82) is 0 Å². The van der Waals surface area contributed by atoms with Crippen LogP contribution in [-0.2, 0) is 15.3 Å². The van der Waals surface area contributed by atoms with Crippen LogP contribution in [-0.4, -0.2) is 24.9 Å². The van der Waals surface area contributed by atoms with Crippen molar-refractivity contribution in [2.24, 2.45) is 5.73 Å². The minimum absolute atomic E-state index is 0.357. The first kappa shape index (κ1) is 15.3. The van der Waals surface area contributed by atoms with Gasteiger partial charge in [-0.05, 0) is 36.3 Å². The van der Waals surface area contributed by atoms with Gasteiger partial charge in [0.2, 0.25) is 0 Å². The smallest absolute Gasteiger partial charge is 0.322 e. The van der Waals surface area contributed by atoms with Crippen LogP contribution < -0.4 is 5.73 Å². The number of carbonyl (C=O) groups excluding carboxylic acids is 1. The fourth-order valence-electron chi connectivity index (χ4n) is 1.43. The van der Waals surface area contributed by atoms with E-state index < -0.39 is 6.04 Å². The molecule has 1 atom stereocenters. The monoisotopic (exact) mass is 287 g/mol. The van der Waals surface area contributed by atoms with Gasteiger partial charge < -0.3 is 10.5 Å². The van der Waals surface area contributed by atoms with E-state index in [4.69, 9.17) is 17.3 Å². The second-order valence-corrected chi connectivity index (χ2v) is 5.58. The molecule has 0 heterocycles. The Morgan fingerprint density at radius 2 is 2.28 bits per heavy atom. The van der Waals surface area contributed by atoms with Gasteiger partial charge in [0.25, 0.3) is 0 Å². The largest absolute Gasteiger partial charge is 0.468 e. The molecule has 1 aromatic carbocycles. The average Bonchev–Trinajstić information content (AvgIpc) is 2.35. The second-order valence-electron chi connectivity index (χ2n) is 4.07. The standard InChI is InChI=1S/C13H18ClNO2S/c1-9-3-4-10(11(14)7-9)8-18-6-5-12(15)13(16)17-2/h3-4,7,12H,5-6,8,15H2,1-2H3. The molecule has 2 N–H and O–H groups in total. The molecule has 5 heteroatoms. The Balaban J connectivity index is 2.32. The first-order chi connectivity index (χ1) is 8.54. The summed E-state index contributed by atoms with van der Waals surface area (Å²) >= 11 is 7.84. The normalized spacial score (nSPS) is 12.2. The maximum Gasteiger partial charge on any atom is 0.322 e. The van der Waals surface area contributed by atoms with Gasteiger partial charge in [0.1, 0.15) is 6.04 Å². The minimum Gasteiger partial charge on any atom is -0.468 e. The van der Waals surface area contributed by atoms with Gasteiger partial charge in [-0.25, -0.2) is 0 Å². The van der Waals surface area contributed by atoms with E-state index in [1.807, 2.05) is 25.1 Å². The third-order valence-corrected chi connectivity index (χ3v) is 3.93. The minimum atomic E-state index is -0.531. The summed E-state index contributed by atoms with van der Waals surface area (Å²) in [6.45, 7) is 2.01. The number of hydrogen-bond donors (Lipinski definition) is 1. The Kier molecular flexibility index (Phi) is 6.54. The number of benzene rings is 1. The predicted molar refractivity (Wildman–Crippen MR) is 77.0 cm³/mol. The second kappa shape index (κ2) is 7.67. The highest BCUT2D eigenvalue weighted by Crippen LogP contribution is 2.22. The molecule has 0 amide bonds. The Hall–Kier alpha value is -0.710. The van der Waals surface area contributed by atoms with E-state index in [1.165, 1.54) is 7.11 Å². The lowest BCUT2D eigenvalue weighted by Gasteiger charge is -2.09. The van der Waals surface area contributed by atoms with E-state index >= 15 is 0 Å². The van der Waals surface area contributed by atoms with Crippen LogP contribution in [0.15, 0.2) is 18.2 Å². The molecule has 18 heavy (non-hydrogen) atoms. The van der Waals surface area contributed by atoms with E-state index in [0.717, 1.165) is 27.7 Å². The Morgan fingerprint density at radius 3 is 2.89 bits per heavy atom. The van der Waals surface area contributed by atoms with Crippen molar-refractivity contribution in [3.8, 4) is 0 Å². The molecule has 1 rings (SSSR count). The summed E-state index contributed by atoms with van der Waals surface area (Å²) in [5.74, 6) is 1.27. The highest BCUT2D eigenvalue weighted by Gasteiger charge is 2.12. The molecule has 100 valence electrons. The van der Waals surface area contributed by atoms with Crippen LogP contribution in [0, 0.1) is 6.92 Å². The van der Waals surface area contributed by atoms with Crippen molar-refractivity contribution < 1.29 is 9.53 Å². The number of rotatable bonds is 6. The lowest BCUT2D eigenvalue weighted by molar-refractivity contribution is -0.142. The first-order valence-corrected chi connectivity index (χ1v) is 7.24.